The Morgan fingerprint density at radius 3 is 2.62 bits per heavy atom. The summed E-state index contributed by atoms with van der Waals surface area (Å²) in [6.07, 6.45) is 1.39. The van der Waals surface area contributed by atoms with E-state index in [1.165, 1.54) is 18.4 Å². The number of hydrogen-bond donors (Lipinski definition) is 1. The zero-order valence-electron chi connectivity index (χ0n) is 10.8. The predicted molar refractivity (Wildman–Crippen MR) is 73.6 cm³/mol. The summed E-state index contributed by atoms with van der Waals surface area (Å²) in [4.78, 5) is 12.1. The largest absolute Gasteiger partial charge is 0.462 e. The highest BCUT2D eigenvalue weighted by Gasteiger charge is 2.19. The van der Waals surface area contributed by atoms with Gasteiger partial charge in [-0.05, 0) is 30.3 Å². The molecule has 4 nitrogen and oxygen atoms in total. The number of carbonyl (C=O) groups excluding carboxylic acids is 1. The first kappa shape index (κ1) is 12.9. The van der Waals surface area contributed by atoms with Crippen molar-refractivity contribution < 1.29 is 13.9 Å². The van der Waals surface area contributed by atoms with Crippen molar-refractivity contribution in [3.05, 3.63) is 71.2 Å². The summed E-state index contributed by atoms with van der Waals surface area (Å²) in [5.74, 6) is -0.663. The molecule has 21 heavy (non-hydrogen) atoms. The van der Waals surface area contributed by atoms with Gasteiger partial charge in [-0.2, -0.15) is 5.26 Å². The molecule has 1 aliphatic heterocycles. The first-order chi connectivity index (χ1) is 10.2. The molecule has 0 unspecified atom stereocenters. The number of amides is 1. The molecule has 0 bridgehead atoms. The van der Waals surface area contributed by atoms with Gasteiger partial charge >= 0.3 is 0 Å². The summed E-state index contributed by atoms with van der Waals surface area (Å²) in [6, 6.07) is 12.5. The summed E-state index contributed by atoms with van der Waals surface area (Å²) in [5.41, 5.74) is 1.79. The number of halogens is 1. The van der Waals surface area contributed by atoms with Crippen LogP contribution in [0.15, 0.2) is 48.7 Å². The lowest BCUT2D eigenvalue weighted by Crippen LogP contribution is -2.20. The molecule has 102 valence electrons. The number of nitriles is 1. The third kappa shape index (κ3) is 2.47. The van der Waals surface area contributed by atoms with E-state index >= 15 is 0 Å². The second kappa shape index (κ2) is 5.10. The molecule has 1 aliphatic rings. The fraction of sp³-hybridized carbons (Fsp3) is 0. The van der Waals surface area contributed by atoms with E-state index in [1.807, 2.05) is 6.07 Å². The van der Waals surface area contributed by atoms with Crippen molar-refractivity contribution in [3.8, 4) is 11.8 Å². The van der Waals surface area contributed by atoms with Gasteiger partial charge in [0.05, 0.1) is 22.9 Å². The number of carbonyl (C=O) groups is 1. The minimum atomic E-state index is -0.505. The summed E-state index contributed by atoms with van der Waals surface area (Å²) < 4.78 is 18.6. The molecule has 1 heterocycles. The average Bonchev–Trinajstić information content (AvgIpc) is 2.67. The highest BCUT2D eigenvalue weighted by Crippen LogP contribution is 2.25. The number of nitrogens with one attached hydrogen (secondary N) is 1. The summed E-state index contributed by atoms with van der Waals surface area (Å²) >= 11 is 0. The van der Waals surface area contributed by atoms with Crippen LogP contribution < -0.4 is 10.1 Å². The normalized spacial score (nSPS) is 13.1. The monoisotopic (exact) mass is 280 g/mol. The van der Waals surface area contributed by atoms with Crippen LogP contribution in [0.4, 0.5) is 4.39 Å². The second-order valence-electron chi connectivity index (χ2n) is 4.43. The van der Waals surface area contributed by atoms with E-state index in [0.717, 1.165) is 6.07 Å². The predicted octanol–water partition coefficient (Wildman–Crippen LogP) is 2.82. The molecule has 0 atom stereocenters. The number of fused-ring (bicyclic) bond motifs is 1. The van der Waals surface area contributed by atoms with Gasteiger partial charge < -0.3 is 10.1 Å². The van der Waals surface area contributed by atoms with Crippen molar-refractivity contribution >= 4 is 11.6 Å². The first-order valence-corrected chi connectivity index (χ1v) is 6.15. The fourth-order valence-corrected chi connectivity index (χ4v) is 1.99. The maximum atomic E-state index is 13.2. The van der Waals surface area contributed by atoms with Crippen LogP contribution in [0.2, 0.25) is 0 Å². The summed E-state index contributed by atoms with van der Waals surface area (Å²) in [7, 11) is 0. The van der Waals surface area contributed by atoms with Gasteiger partial charge in [-0.1, -0.05) is 12.1 Å². The van der Waals surface area contributed by atoms with Gasteiger partial charge in [-0.15, -0.1) is 0 Å². The van der Waals surface area contributed by atoms with E-state index in [0.29, 0.717) is 16.8 Å². The lowest BCUT2D eigenvalue weighted by Gasteiger charge is -2.06. The molecule has 0 aliphatic carbocycles. The molecule has 5 heteroatoms. The molecule has 2 aromatic carbocycles. The highest BCUT2D eigenvalue weighted by molar-refractivity contribution is 6.02. The lowest BCUT2D eigenvalue weighted by atomic mass is 10.1. The van der Waals surface area contributed by atoms with Crippen LogP contribution in [-0.2, 0) is 0 Å². The van der Waals surface area contributed by atoms with Gasteiger partial charge in [0.1, 0.15) is 17.8 Å². The Morgan fingerprint density at radius 2 is 1.90 bits per heavy atom. The van der Waals surface area contributed by atoms with Gasteiger partial charge in [-0.25, -0.2) is 4.39 Å². The molecule has 0 radical (unpaired) electrons. The Bertz CT molecular complexity index is 789. The number of nitrogens with zero attached hydrogens (tertiary/aromatic N) is 1. The second-order valence-corrected chi connectivity index (χ2v) is 4.43. The van der Waals surface area contributed by atoms with Gasteiger partial charge in [-0.3, -0.25) is 4.79 Å². The van der Waals surface area contributed by atoms with Gasteiger partial charge in [0, 0.05) is 5.56 Å². The van der Waals surface area contributed by atoms with E-state index in [4.69, 9.17) is 10.00 Å². The van der Waals surface area contributed by atoms with Gasteiger partial charge in [0.2, 0.25) is 0 Å². The smallest absolute Gasteiger partial charge is 0.259 e. The van der Waals surface area contributed by atoms with E-state index < -0.39 is 11.7 Å². The van der Waals surface area contributed by atoms with Crippen LogP contribution in [0.1, 0.15) is 21.5 Å². The molecule has 0 fully saturated rings. The van der Waals surface area contributed by atoms with Crippen LogP contribution in [0.5, 0.6) is 5.75 Å². The van der Waals surface area contributed by atoms with Crippen molar-refractivity contribution in [3.63, 3.8) is 0 Å². The van der Waals surface area contributed by atoms with Crippen molar-refractivity contribution in [2.24, 2.45) is 0 Å². The standard InChI is InChI=1S/C16H9FN2O2/c17-12-5-6-15-13(7-12)16(20)19-14(9-21-15)11-3-1-10(8-18)2-4-11/h1-7,9H,(H,19,20). The number of rotatable bonds is 1. The van der Waals surface area contributed by atoms with E-state index in [-0.39, 0.29) is 11.3 Å². The van der Waals surface area contributed by atoms with Crippen molar-refractivity contribution in [2.75, 3.05) is 0 Å². The lowest BCUT2D eigenvalue weighted by molar-refractivity contribution is 0.0973. The van der Waals surface area contributed by atoms with E-state index in [9.17, 15) is 9.18 Å². The van der Waals surface area contributed by atoms with Crippen LogP contribution in [-0.4, -0.2) is 5.91 Å². The Morgan fingerprint density at radius 1 is 1.14 bits per heavy atom. The molecule has 2 aromatic rings. The molecule has 1 N–H and O–H groups in total. The van der Waals surface area contributed by atoms with Crippen molar-refractivity contribution in [1.82, 2.24) is 5.32 Å². The molecular weight excluding hydrogens is 271 g/mol. The Labute approximate surface area is 120 Å². The molecule has 3 rings (SSSR count). The maximum absolute atomic E-state index is 13.2. The quantitative estimate of drug-likeness (QED) is 0.873. The zero-order valence-corrected chi connectivity index (χ0v) is 10.8. The van der Waals surface area contributed by atoms with Crippen LogP contribution in [0.25, 0.3) is 5.70 Å². The minimum absolute atomic E-state index is 0.134. The van der Waals surface area contributed by atoms with Crippen LogP contribution in [0.3, 0.4) is 0 Å². The fourth-order valence-electron chi connectivity index (χ4n) is 1.99. The Kier molecular flexibility index (Phi) is 3.13. The molecule has 0 aromatic heterocycles. The van der Waals surface area contributed by atoms with E-state index in [2.05, 4.69) is 5.32 Å². The van der Waals surface area contributed by atoms with Crippen LogP contribution in [0, 0.1) is 17.1 Å². The zero-order chi connectivity index (χ0) is 14.8. The number of ether oxygens (including phenoxy) is 1. The maximum Gasteiger partial charge on any atom is 0.259 e. The number of hydrogen-bond acceptors (Lipinski definition) is 3. The molecule has 1 amide bonds. The van der Waals surface area contributed by atoms with Gasteiger partial charge in [0.15, 0.2) is 0 Å². The third-order valence-electron chi connectivity index (χ3n) is 3.06. The van der Waals surface area contributed by atoms with E-state index in [1.54, 1.807) is 24.3 Å². The highest BCUT2D eigenvalue weighted by atomic mass is 19.1. The van der Waals surface area contributed by atoms with Gasteiger partial charge in [0.25, 0.3) is 5.91 Å². The molecule has 0 saturated carbocycles. The number of benzene rings is 2. The van der Waals surface area contributed by atoms with Crippen LogP contribution >= 0.6 is 0 Å². The SMILES string of the molecule is N#Cc1ccc(C2=COc3ccc(F)cc3C(=O)N2)cc1. The Hall–Kier alpha value is -3.13. The Balaban J connectivity index is 1.95. The average molecular weight is 280 g/mol. The third-order valence-corrected chi connectivity index (χ3v) is 3.06. The summed E-state index contributed by atoms with van der Waals surface area (Å²) in [5, 5.41) is 11.4. The topological polar surface area (TPSA) is 62.1 Å². The summed E-state index contributed by atoms with van der Waals surface area (Å²) in [6.45, 7) is 0. The minimum Gasteiger partial charge on any atom is -0.462 e. The molecule has 0 spiro atoms. The van der Waals surface area contributed by atoms with Crippen molar-refractivity contribution in [2.45, 2.75) is 0 Å². The molecular formula is C16H9FN2O2. The molecule has 0 saturated heterocycles. The van der Waals surface area contributed by atoms with Crippen molar-refractivity contribution in [1.29, 1.82) is 5.26 Å². The first-order valence-electron chi connectivity index (χ1n) is 6.15.